The Kier molecular flexibility index (Phi) is 6.63. The Bertz CT molecular complexity index is 1130. The number of hydrogen-bond donors (Lipinski definition) is 1. The number of hydrogen-bond acceptors (Lipinski definition) is 5. The van der Waals surface area contributed by atoms with Gasteiger partial charge in [0.2, 0.25) is 0 Å². The van der Waals surface area contributed by atoms with Crippen molar-refractivity contribution in [2.75, 3.05) is 13.7 Å². The molecule has 2 aromatic rings. The highest BCUT2D eigenvalue weighted by atomic mass is 19.1. The average Bonchev–Trinajstić information content (AvgIpc) is 2.81. The number of carbonyl (C=O) groups excluding carboxylic acids is 2. The van der Waals surface area contributed by atoms with Crippen molar-refractivity contribution in [2.45, 2.75) is 44.9 Å². The topological polar surface area (TPSA) is 64.6 Å². The van der Waals surface area contributed by atoms with Gasteiger partial charge in [-0.2, -0.15) is 0 Å². The van der Waals surface area contributed by atoms with Crippen LogP contribution in [0.3, 0.4) is 0 Å². The van der Waals surface area contributed by atoms with E-state index in [-0.39, 0.29) is 18.3 Å². The summed E-state index contributed by atoms with van der Waals surface area (Å²) in [6, 6.07) is 13.8. The molecule has 1 aliphatic heterocycles. The predicted octanol–water partition coefficient (Wildman–Crippen LogP) is 5.15. The molecule has 1 heterocycles. The van der Waals surface area contributed by atoms with Gasteiger partial charge in [0.05, 0.1) is 19.3 Å². The Hall–Kier alpha value is -3.41. The molecular formula is C27H28FNO4. The third-order valence-electron chi connectivity index (χ3n) is 6.25. The molecule has 2 atom stereocenters. The molecule has 0 spiro atoms. The number of esters is 1. The molecule has 0 amide bonds. The van der Waals surface area contributed by atoms with Gasteiger partial charge in [0.15, 0.2) is 5.78 Å². The molecule has 2 aliphatic rings. The van der Waals surface area contributed by atoms with Gasteiger partial charge in [0.1, 0.15) is 11.6 Å². The van der Waals surface area contributed by atoms with E-state index in [1.165, 1.54) is 12.1 Å². The summed E-state index contributed by atoms with van der Waals surface area (Å²) in [5.74, 6) is -0.835. The maximum Gasteiger partial charge on any atom is 0.336 e. The Morgan fingerprint density at radius 1 is 1.12 bits per heavy atom. The Balaban J connectivity index is 1.75. The van der Waals surface area contributed by atoms with E-state index in [0.29, 0.717) is 41.7 Å². The Morgan fingerprint density at radius 3 is 2.55 bits per heavy atom. The summed E-state index contributed by atoms with van der Waals surface area (Å²) in [4.78, 5) is 26.5. The number of Topliss-reactive ketones (excluding diaryl/α,β-unsaturated/α-hetero) is 1. The van der Waals surface area contributed by atoms with E-state index < -0.39 is 17.7 Å². The van der Waals surface area contributed by atoms with Crippen LogP contribution in [0.5, 0.6) is 5.75 Å². The van der Waals surface area contributed by atoms with E-state index in [9.17, 15) is 14.0 Å². The number of ether oxygens (including phenoxy) is 2. The molecule has 0 bridgehead atoms. The van der Waals surface area contributed by atoms with Crippen LogP contribution in [0.2, 0.25) is 0 Å². The highest BCUT2D eigenvalue weighted by Crippen LogP contribution is 2.45. The van der Waals surface area contributed by atoms with Crippen molar-refractivity contribution < 1.29 is 23.5 Å². The van der Waals surface area contributed by atoms with Gasteiger partial charge in [-0.15, -0.1) is 0 Å². The second-order valence-corrected chi connectivity index (χ2v) is 8.48. The van der Waals surface area contributed by atoms with Crippen molar-refractivity contribution >= 4 is 11.8 Å². The Labute approximate surface area is 193 Å². The normalized spacial score (nSPS) is 20.3. The molecule has 0 saturated heterocycles. The fraction of sp³-hybridized carbons (Fsp3) is 0.333. The first-order chi connectivity index (χ1) is 15.9. The maximum atomic E-state index is 14.2. The SMILES string of the molecule is CCCOC(=O)C1=C(C)NC2=C(C(=O)C[C@H](c3ccc(OC)cc3)C2)[C@H]1c1cccc(F)c1. The quantitative estimate of drug-likeness (QED) is 0.618. The lowest BCUT2D eigenvalue weighted by molar-refractivity contribution is -0.139. The smallest absolute Gasteiger partial charge is 0.336 e. The molecule has 5 nitrogen and oxygen atoms in total. The van der Waals surface area contributed by atoms with E-state index in [4.69, 9.17) is 9.47 Å². The van der Waals surface area contributed by atoms with Crippen LogP contribution in [-0.4, -0.2) is 25.5 Å². The second-order valence-electron chi connectivity index (χ2n) is 8.48. The zero-order valence-electron chi connectivity index (χ0n) is 19.1. The van der Waals surface area contributed by atoms with Gasteiger partial charge in [-0.3, -0.25) is 4.79 Å². The summed E-state index contributed by atoms with van der Waals surface area (Å²) in [6.45, 7) is 4.01. The predicted molar refractivity (Wildman–Crippen MR) is 123 cm³/mol. The molecule has 0 fully saturated rings. The largest absolute Gasteiger partial charge is 0.497 e. The van der Waals surface area contributed by atoms with Crippen molar-refractivity contribution in [3.05, 3.63) is 88.0 Å². The lowest BCUT2D eigenvalue weighted by Gasteiger charge is -2.36. The summed E-state index contributed by atoms with van der Waals surface area (Å²) in [5, 5.41) is 3.31. The number of nitrogens with one attached hydrogen (secondary N) is 1. The zero-order chi connectivity index (χ0) is 23.5. The van der Waals surface area contributed by atoms with Crippen molar-refractivity contribution in [3.8, 4) is 5.75 Å². The first-order valence-electron chi connectivity index (χ1n) is 11.2. The summed E-state index contributed by atoms with van der Waals surface area (Å²) in [7, 11) is 1.62. The fourth-order valence-electron chi connectivity index (χ4n) is 4.71. The first kappa shape index (κ1) is 22.8. The number of carbonyl (C=O) groups is 2. The monoisotopic (exact) mass is 449 g/mol. The standard InChI is InChI=1S/C27H28FNO4/c1-4-12-33-27(31)24-16(2)29-22-14-19(17-8-10-21(32-3)11-9-17)15-23(30)26(22)25(24)18-6-5-7-20(28)13-18/h5-11,13,19,25,29H,4,12,14-15H2,1-3H3/t19-,25+/m1/s1. The van der Waals surface area contributed by atoms with E-state index >= 15 is 0 Å². The highest BCUT2D eigenvalue weighted by molar-refractivity contribution is 6.04. The number of dihydropyridines is 1. The molecule has 4 rings (SSSR count). The number of benzene rings is 2. The van der Waals surface area contributed by atoms with Crippen molar-refractivity contribution in [1.82, 2.24) is 5.32 Å². The molecule has 0 radical (unpaired) electrons. The zero-order valence-corrected chi connectivity index (χ0v) is 19.1. The molecule has 172 valence electrons. The van der Waals surface area contributed by atoms with Crippen molar-refractivity contribution in [3.63, 3.8) is 0 Å². The average molecular weight is 450 g/mol. The van der Waals surface area contributed by atoms with E-state index in [1.807, 2.05) is 31.2 Å². The molecule has 6 heteroatoms. The van der Waals surface area contributed by atoms with Gasteiger partial charge in [-0.25, -0.2) is 9.18 Å². The van der Waals surface area contributed by atoms with Crippen LogP contribution in [0.15, 0.2) is 71.1 Å². The van der Waals surface area contributed by atoms with Crippen LogP contribution in [0, 0.1) is 5.82 Å². The number of allylic oxidation sites excluding steroid dienone is 3. The van der Waals surface area contributed by atoms with Gasteiger partial charge in [-0.1, -0.05) is 31.2 Å². The Morgan fingerprint density at radius 2 is 1.88 bits per heavy atom. The van der Waals surface area contributed by atoms with E-state index in [0.717, 1.165) is 17.0 Å². The number of ketones is 1. The first-order valence-corrected chi connectivity index (χ1v) is 11.2. The van der Waals surface area contributed by atoms with Gasteiger partial charge in [0, 0.05) is 29.3 Å². The number of rotatable bonds is 6. The molecule has 33 heavy (non-hydrogen) atoms. The van der Waals surface area contributed by atoms with E-state index in [2.05, 4.69) is 5.32 Å². The number of halogens is 1. The molecule has 0 unspecified atom stereocenters. The minimum atomic E-state index is -0.661. The minimum Gasteiger partial charge on any atom is -0.497 e. The molecule has 2 aromatic carbocycles. The molecule has 0 saturated carbocycles. The van der Waals surface area contributed by atoms with Crippen molar-refractivity contribution in [2.24, 2.45) is 0 Å². The second kappa shape index (κ2) is 9.61. The van der Waals surface area contributed by atoms with Crippen LogP contribution >= 0.6 is 0 Å². The third-order valence-corrected chi connectivity index (χ3v) is 6.25. The van der Waals surface area contributed by atoms with Gasteiger partial charge in [0.25, 0.3) is 0 Å². The van der Waals surface area contributed by atoms with Gasteiger partial charge < -0.3 is 14.8 Å². The summed E-state index contributed by atoms with van der Waals surface area (Å²) >= 11 is 0. The molecular weight excluding hydrogens is 421 g/mol. The van der Waals surface area contributed by atoms with Crippen LogP contribution < -0.4 is 10.1 Å². The van der Waals surface area contributed by atoms with Crippen LogP contribution in [-0.2, 0) is 14.3 Å². The lowest BCUT2D eigenvalue weighted by atomic mass is 9.71. The highest BCUT2D eigenvalue weighted by Gasteiger charge is 2.41. The third kappa shape index (κ3) is 4.56. The molecule has 1 N–H and O–H groups in total. The summed E-state index contributed by atoms with van der Waals surface area (Å²) in [5.41, 5.74) is 3.93. The molecule has 1 aliphatic carbocycles. The van der Waals surface area contributed by atoms with Crippen molar-refractivity contribution in [1.29, 1.82) is 0 Å². The minimum absolute atomic E-state index is 0.00390. The fourth-order valence-corrected chi connectivity index (χ4v) is 4.71. The van der Waals surface area contributed by atoms with Crippen LogP contribution in [0.4, 0.5) is 4.39 Å². The van der Waals surface area contributed by atoms with Gasteiger partial charge in [-0.05, 0) is 61.1 Å². The molecule has 0 aromatic heterocycles. The van der Waals surface area contributed by atoms with E-state index in [1.54, 1.807) is 26.2 Å². The summed E-state index contributed by atoms with van der Waals surface area (Å²) in [6.07, 6.45) is 1.62. The van der Waals surface area contributed by atoms with Gasteiger partial charge >= 0.3 is 5.97 Å². The van der Waals surface area contributed by atoms with Crippen LogP contribution in [0.1, 0.15) is 56.1 Å². The summed E-state index contributed by atoms with van der Waals surface area (Å²) < 4.78 is 24.8. The van der Waals surface area contributed by atoms with Crippen LogP contribution in [0.25, 0.3) is 0 Å². The maximum absolute atomic E-state index is 14.2. The lowest BCUT2D eigenvalue weighted by Crippen LogP contribution is -2.36. The number of methoxy groups -OCH3 is 1.